The first-order valence-electron chi connectivity index (χ1n) is 7.11. The number of carbonyl (C=O) groups excluding carboxylic acids is 1. The Labute approximate surface area is 126 Å². The third kappa shape index (κ3) is 2.70. The lowest BCUT2D eigenvalue weighted by atomic mass is 9.95. The van der Waals surface area contributed by atoms with Crippen LogP contribution in [0.3, 0.4) is 0 Å². The van der Waals surface area contributed by atoms with Gasteiger partial charge in [0.15, 0.2) is 5.82 Å². The fraction of sp³-hybridized carbons (Fsp3) is 0.400. The number of amides is 1. The Morgan fingerprint density at radius 3 is 2.86 bits per heavy atom. The average Bonchev–Trinajstić information content (AvgIpc) is 3.04. The van der Waals surface area contributed by atoms with Crippen LogP contribution in [-0.2, 0) is 0 Å². The quantitative estimate of drug-likeness (QED) is 0.856. The zero-order chi connectivity index (χ0) is 15.7. The number of rotatable bonds is 2. The van der Waals surface area contributed by atoms with Crippen molar-refractivity contribution < 1.29 is 13.6 Å². The van der Waals surface area contributed by atoms with E-state index in [4.69, 9.17) is 0 Å². The van der Waals surface area contributed by atoms with Crippen LogP contribution in [0.1, 0.15) is 23.8 Å². The van der Waals surface area contributed by atoms with E-state index in [9.17, 15) is 13.6 Å². The molecule has 1 aliphatic rings. The van der Waals surface area contributed by atoms with E-state index < -0.39 is 11.8 Å². The molecule has 116 valence electrons. The van der Waals surface area contributed by atoms with Gasteiger partial charge in [-0.25, -0.2) is 18.4 Å². The Morgan fingerprint density at radius 1 is 1.36 bits per heavy atom. The second-order valence-corrected chi connectivity index (χ2v) is 5.49. The highest BCUT2D eigenvalue weighted by molar-refractivity contribution is 5.92. The maximum Gasteiger partial charge on any atom is 0.272 e. The van der Waals surface area contributed by atoms with Crippen molar-refractivity contribution in [3.63, 3.8) is 0 Å². The Kier molecular flexibility index (Phi) is 3.64. The second kappa shape index (κ2) is 5.47. The summed E-state index contributed by atoms with van der Waals surface area (Å²) in [6, 6.07) is 6.79. The van der Waals surface area contributed by atoms with Crippen molar-refractivity contribution in [2.45, 2.75) is 19.3 Å². The largest absolute Gasteiger partial charge is 0.337 e. The normalized spacial score (nSPS) is 20.9. The summed E-state index contributed by atoms with van der Waals surface area (Å²) >= 11 is 0. The van der Waals surface area contributed by atoms with Crippen LogP contribution in [0.5, 0.6) is 0 Å². The molecule has 0 aliphatic carbocycles. The Hall–Kier alpha value is -2.31. The van der Waals surface area contributed by atoms with E-state index in [0.717, 1.165) is 0 Å². The predicted octanol–water partition coefficient (Wildman–Crippen LogP) is 2.38. The lowest BCUT2D eigenvalue weighted by Crippen LogP contribution is -2.48. The number of alkyl halides is 2. The molecule has 0 N–H and O–H groups in total. The molecule has 1 atom stereocenters. The van der Waals surface area contributed by atoms with Crippen LogP contribution in [0, 0.1) is 5.92 Å². The van der Waals surface area contributed by atoms with Crippen LogP contribution in [0.4, 0.5) is 8.78 Å². The van der Waals surface area contributed by atoms with Gasteiger partial charge in [0, 0.05) is 37.8 Å². The van der Waals surface area contributed by atoms with Gasteiger partial charge in [-0.05, 0) is 18.2 Å². The van der Waals surface area contributed by atoms with Gasteiger partial charge in [0.05, 0.1) is 0 Å². The van der Waals surface area contributed by atoms with E-state index in [1.54, 1.807) is 41.3 Å². The minimum Gasteiger partial charge on any atom is -0.337 e. The molecule has 0 saturated carbocycles. The molecule has 5 nitrogen and oxygen atoms in total. The van der Waals surface area contributed by atoms with Gasteiger partial charge in [0.1, 0.15) is 5.69 Å². The number of hydrogen-bond donors (Lipinski definition) is 0. The third-order valence-electron chi connectivity index (χ3n) is 3.91. The molecule has 0 spiro atoms. The summed E-state index contributed by atoms with van der Waals surface area (Å²) in [7, 11) is 0. The Balaban J connectivity index is 1.80. The molecule has 1 fully saturated rings. The van der Waals surface area contributed by atoms with Gasteiger partial charge in [-0.2, -0.15) is 5.10 Å². The number of aromatic nitrogens is 3. The molecule has 0 radical (unpaired) electrons. The molecule has 3 rings (SSSR count). The zero-order valence-corrected chi connectivity index (χ0v) is 12.1. The molecule has 22 heavy (non-hydrogen) atoms. The van der Waals surface area contributed by atoms with E-state index in [2.05, 4.69) is 10.1 Å². The van der Waals surface area contributed by atoms with Gasteiger partial charge < -0.3 is 4.90 Å². The van der Waals surface area contributed by atoms with Crippen LogP contribution >= 0.6 is 0 Å². The summed E-state index contributed by atoms with van der Waals surface area (Å²) in [4.78, 5) is 18.2. The molecule has 0 bridgehead atoms. The number of likely N-dealkylation sites (tertiary alicyclic amines) is 1. The lowest BCUT2D eigenvalue weighted by Gasteiger charge is -2.36. The van der Waals surface area contributed by atoms with Crippen LogP contribution < -0.4 is 0 Å². The summed E-state index contributed by atoms with van der Waals surface area (Å²) in [5.74, 6) is -3.36. The van der Waals surface area contributed by atoms with Gasteiger partial charge in [0.2, 0.25) is 0 Å². The molecule has 0 aromatic carbocycles. The summed E-state index contributed by atoms with van der Waals surface area (Å²) in [5, 5.41) is 4.06. The maximum absolute atomic E-state index is 13.5. The number of pyridine rings is 1. The van der Waals surface area contributed by atoms with Crippen molar-refractivity contribution >= 4 is 5.91 Å². The molecule has 1 saturated heterocycles. The predicted molar refractivity (Wildman–Crippen MR) is 76.0 cm³/mol. The van der Waals surface area contributed by atoms with Gasteiger partial charge in [0.25, 0.3) is 11.8 Å². The highest BCUT2D eigenvalue weighted by Gasteiger charge is 2.42. The Bertz CT molecular complexity index is 672. The molecule has 1 amide bonds. The highest BCUT2D eigenvalue weighted by Crippen LogP contribution is 2.33. The smallest absolute Gasteiger partial charge is 0.272 e. The van der Waals surface area contributed by atoms with Crippen molar-refractivity contribution in [1.82, 2.24) is 19.7 Å². The molecule has 1 unspecified atom stereocenters. The molecule has 3 heterocycles. The fourth-order valence-electron chi connectivity index (χ4n) is 2.51. The number of halogens is 2. The van der Waals surface area contributed by atoms with Crippen molar-refractivity contribution in [2.24, 2.45) is 5.92 Å². The molecule has 2 aromatic rings. The van der Waals surface area contributed by atoms with E-state index in [1.165, 1.54) is 11.8 Å². The number of carbonyl (C=O) groups is 1. The van der Waals surface area contributed by atoms with Crippen LogP contribution in [0.25, 0.3) is 5.82 Å². The zero-order valence-electron chi connectivity index (χ0n) is 12.1. The van der Waals surface area contributed by atoms with Crippen LogP contribution in [0.2, 0.25) is 0 Å². The molecular weight excluding hydrogens is 290 g/mol. The van der Waals surface area contributed by atoms with E-state index in [1.807, 2.05) is 0 Å². The van der Waals surface area contributed by atoms with E-state index in [0.29, 0.717) is 5.82 Å². The van der Waals surface area contributed by atoms with Gasteiger partial charge in [-0.3, -0.25) is 4.79 Å². The van der Waals surface area contributed by atoms with Crippen LogP contribution in [0.15, 0.2) is 36.7 Å². The molecule has 2 aromatic heterocycles. The topological polar surface area (TPSA) is 51.0 Å². The minimum atomic E-state index is -2.71. The number of nitrogens with zero attached hydrogens (tertiary/aromatic N) is 4. The maximum atomic E-state index is 13.5. The molecule has 7 heteroatoms. The monoisotopic (exact) mass is 306 g/mol. The molecule has 1 aliphatic heterocycles. The van der Waals surface area contributed by atoms with E-state index in [-0.39, 0.29) is 31.1 Å². The van der Waals surface area contributed by atoms with Gasteiger partial charge >= 0.3 is 0 Å². The standard InChI is InChI=1S/C15H16F2N4O/c1-11-10-20(9-6-15(11,16)17)14(22)12-4-2-5-13(19-12)21-8-3-7-18-21/h2-5,7-8,11H,6,9-10H2,1H3. The first-order valence-corrected chi connectivity index (χ1v) is 7.11. The van der Waals surface area contributed by atoms with Crippen molar-refractivity contribution in [2.75, 3.05) is 13.1 Å². The minimum absolute atomic E-state index is 0.0412. The molecular formula is C15H16F2N4O. The average molecular weight is 306 g/mol. The summed E-state index contributed by atoms with van der Waals surface area (Å²) < 4.78 is 28.6. The second-order valence-electron chi connectivity index (χ2n) is 5.49. The van der Waals surface area contributed by atoms with Gasteiger partial charge in [-0.15, -0.1) is 0 Å². The Morgan fingerprint density at radius 2 is 2.18 bits per heavy atom. The highest BCUT2D eigenvalue weighted by atomic mass is 19.3. The fourth-order valence-corrected chi connectivity index (χ4v) is 2.51. The van der Waals surface area contributed by atoms with Gasteiger partial charge in [-0.1, -0.05) is 13.0 Å². The van der Waals surface area contributed by atoms with Crippen molar-refractivity contribution in [1.29, 1.82) is 0 Å². The summed E-state index contributed by atoms with van der Waals surface area (Å²) in [5.41, 5.74) is 0.241. The summed E-state index contributed by atoms with van der Waals surface area (Å²) in [6.07, 6.45) is 3.03. The number of piperidine rings is 1. The SMILES string of the molecule is CC1CN(C(=O)c2cccc(-n3cccn3)n2)CCC1(F)F. The third-order valence-corrected chi connectivity index (χ3v) is 3.91. The lowest BCUT2D eigenvalue weighted by molar-refractivity contribution is -0.0921. The van der Waals surface area contributed by atoms with Crippen LogP contribution in [-0.4, -0.2) is 44.6 Å². The summed E-state index contributed by atoms with van der Waals surface area (Å²) in [6.45, 7) is 1.55. The van der Waals surface area contributed by atoms with Crippen molar-refractivity contribution in [3.8, 4) is 5.82 Å². The van der Waals surface area contributed by atoms with Crippen molar-refractivity contribution in [3.05, 3.63) is 42.4 Å². The van der Waals surface area contributed by atoms with E-state index >= 15 is 0 Å². The number of hydrogen-bond acceptors (Lipinski definition) is 3. The first-order chi connectivity index (χ1) is 10.5. The first kappa shape index (κ1) is 14.6.